The molecule has 37 heavy (non-hydrogen) atoms. The Balaban J connectivity index is 1.51. The van der Waals surface area contributed by atoms with Gasteiger partial charge >= 0.3 is 18.4 Å². The van der Waals surface area contributed by atoms with E-state index in [4.69, 9.17) is 0 Å². The molecule has 1 atom stereocenters. The summed E-state index contributed by atoms with van der Waals surface area (Å²) < 4.78 is 79.6. The highest BCUT2D eigenvalue weighted by Gasteiger charge is 2.46. The predicted octanol–water partition coefficient (Wildman–Crippen LogP) is 3.83. The van der Waals surface area contributed by atoms with Crippen LogP contribution in [-0.4, -0.2) is 47.8 Å². The lowest BCUT2D eigenvalue weighted by molar-refractivity contribution is -0.139. The van der Waals surface area contributed by atoms with E-state index in [0.717, 1.165) is 28.0 Å². The van der Waals surface area contributed by atoms with E-state index in [-0.39, 0.29) is 35.5 Å². The number of rotatable bonds is 5. The topological polar surface area (TPSA) is 81.8 Å². The number of amides is 4. The van der Waals surface area contributed by atoms with Gasteiger partial charge in [-0.25, -0.2) is 4.79 Å². The van der Waals surface area contributed by atoms with Crippen LogP contribution in [0.2, 0.25) is 0 Å². The largest absolute Gasteiger partial charge is 0.416 e. The minimum absolute atomic E-state index is 0.0931. The molecule has 0 saturated carbocycles. The van der Waals surface area contributed by atoms with Crippen molar-refractivity contribution in [3.05, 3.63) is 82.1 Å². The van der Waals surface area contributed by atoms with Gasteiger partial charge in [0.05, 0.1) is 35.0 Å². The lowest BCUT2D eigenvalue weighted by atomic mass is 9.92. The van der Waals surface area contributed by atoms with Crippen LogP contribution in [0.25, 0.3) is 0 Å². The molecule has 0 aliphatic carbocycles. The Morgan fingerprint density at radius 3 is 2.41 bits per heavy atom. The molecule has 0 unspecified atom stereocenters. The first-order valence-corrected chi connectivity index (χ1v) is 10.9. The van der Waals surface area contributed by atoms with E-state index in [1.165, 1.54) is 37.4 Å². The Bertz CT molecular complexity index is 1290. The molecule has 2 N–H and O–H groups in total. The molecule has 0 fully saturated rings. The van der Waals surface area contributed by atoms with Crippen molar-refractivity contribution in [3.63, 3.8) is 0 Å². The molecule has 0 bridgehead atoms. The van der Waals surface area contributed by atoms with Gasteiger partial charge in [-0.2, -0.15) is 26.3 Å². The second-order valence-corrected chi connectivity index (χ2v) is 8.52. The zero-order chi connectivity index (χ0) is 27.1. The standard InChI is InChI=1S/C24H20F6N4O3/c1-33-17-11-34(12-18(35)31-10-13-5-4-6-14(9-13)23(25,26)27)21(36)19(17)20(32-22(33)37)15-7-2-3-8-16(15)24(28,29)30/h2-9,20H,10-12H2,1H3,(H,31,35)(H,32,37)/t20-/m1/s1. The molecule has 2 aromatic rings. The molecule has 2 aromatic carbocycles. The SMILES string of the molecule is CN1C(=O)N[C@H](c2ccccc2C(F)(F)F)C2=C1CN(CC(=O)NCc1cccc(C(F)(F)F)c1)C2=O. The third-order valence-electron chi connectivity index (χ3n) is 6.09. The molecule has 0 aromatic heterocycles. The molecule has 196 valence electrons. The molecular formula is C24H20F6N4O3. The summed E-state index contributed by atoms with van der Waals surface area (Å²) in [6, 6.07) is 6.83. The minimum atomic E-state index is -4.74. The van der Waals surface area contributed by atoms with Crippen molar-refractivity contribution >= 4 is 17.8 Å². The normalized spacial score (nSPS) is 18.2. The zero-order valence-electron chi connectivity index (χ0n) is 19.2. The molecule has 2 aliphatic rings. The molecule has 2 aliphatic heterocycles. The zero-order valence-corrected chi connectivity index (χ0v) is 19.2. The first-order valence-electron chi connectivity index (χ1n) is 10.9. The Hall–Kier alpha value is -4.03. The highest BCUT2D eigenvalue weighted by molar-refractivity contribution is 6.03. The number of urea groups is 1. The van der Waals surface area contributed by atoms with Gasteiger partial charge in [0.2, 0.25) is 5.91 Å². The Morgan fingerprint density at radius 2 is 1.73 bits per heavy atom. The Kier molecular flexibility index (Phi) is 6.65. The Morgan fingerprint density at radius 1 is 1.03 bits per heavy atom. The van der Waals surface area contributed by atoms with Crippen molar-refractivity contribution < 1.29 is 40.7 Å². The monoisotopic (exact) mass is 526 g/mol. The molecular weight excluding hydrogens is 506 g/mol. The number of nitrogens with one attached hydrogen (secondary N) is 2. The summed E-state index contributed by atoms with van der Waals surface area (Å²) in [5.74, 6) is -1.43. The summed E-state index contributed by atoms with van der Waals surface area (Å²) in [6.45, 7) is -0.959. The molecule has 4 amide bonds. The minimum Gasteiger partial charge on any atom is -0.350 e. The van der Waals surface area contributed by atoms with Crippen LogP contribution in [0.15, 0.2) is 59.8 Å². The van der Waals surface area contributed by atoms with Crippen molar-refractivity contribution in [1.82, 2.24) is 20.4 Å². The first kappa shape index (κ1) is 26.0. The van der Waals surface area contributed by atoms with Crippen molar-refractivity contribution in [2.45, 2.75) is 24.9 Å². The van der Waals surface area contributed by atoms with E-state index in [1.54, 1.807) is 0 Å². The number of likely N-dealkylation sites (N-methyl/N-ethyl adjacent to an activating group) is 1. The van der Waals surface area contributed by atoms with Gasteiger partial charge in [0.15, 0.2) is 0 Å². The van der Waals surface area contributed by atoms with Crippen molar-refractivity contribution in [3.8, 4) is 0 Å². The average molecular weight is 526 g/mol. The molecule has 4 rings (SSSR count). The lowest BCUT2D eigenvalue weighted by Gasteiger charge is -2.32. The number of hydrogen-bond donors (Lipinski definition) is 2. The maximum atomic E-state index is 13.6. The second-order valence-electron chi connectivity index (χ2n) is 8.52. The number of halogens is 6. The second kappa shape index (κ2) is 9.45. The van der Waals surface area contributed by atoms with Crippen LogP contribution >= 0.6 is 0 Å². The number of hydrogen-bond acceptors (Lipinski definition) is 3. The number of carbonyl (C=O) groups excluding carboxylic acids is 3. The van der Waals surface area contributed by atoms with Gasteiger partial charge in [0.25, 0.3) is 5.91 Å². The molecule has 7 nitrogen and oxygen atoms in total. The van der Waals surface area contributed by atoms with Gasteiger partial charge in [0.1, 0.15) is 6.54 Å². The van der Waals surface area contributed by atoms with Crippen LogP contribution in [0, 0.1) is 0 Å². The average Bonchev–Trinajstić information content (AvgIpc) is 3.15. The number of benzene rings is 2. The summed E-state index contributed by atoms with van der Waals surface area (Å²) in [5.41, 5.74) is -1.95. The summed E-state index contributed by atoms with van der Waals surface area (Å²) in [7, 11) is 1.35. The van der Waals surface area contributed by atoms with Crippen molar-refractivity contribution in [2.75, 3.05) is 20.1 Å². The Labute approximate surface area is 206 Å². The van der Waals surface area contributed by atoms with E-state index in [9.17, 15) is 40.7 Å². The maximum Gasteiger partial charge on any atom is 0.416 e. The fourth-order valence-electron chi connectivity index (χ4n) is 4.28. The van der Waals surface area contributed by atoms with Gasteiger partial charge in [-0.15, -0.1) is 0 Å². The van der Waals surface area contributed by atoms with Gasteiger partial charge in [-0.3, -0.25) is 14.5 Å². The maximum absolute atomic E-state index is 13.6. The van der Waals surface area contributed by atoms with Gasteiger partial charge in [-0.1, -0.05) is 30.3 Å². The van der Waals surface area contributed by atoms with Crippen LogP contribution in [0.1, 0.15) is 28.3 Å². The van der Waals surface area contributed by atoms with E-state index in [0.29, 0.717) is 0 Å². The molecule has 0 radical (unpaired) electrons. The van der Waals surface area contributed by atoms with Crippen LogP contribution in [0.3, 0.4) is 0 Å². The molecule has 13 heteroatoms. The summed E-state index contributed by atoms with van der Waals surface area (Å²) >= 11 is 0. The van der Waals surface area contributed by atoms with E-state index >= 15 is 0 Å². The van der Waals surface area contributed by atoms with Crippen LogP contribution in [0.4, 0.5) is 31.1 Å². The van der Waals surface area contributed by atoms with Gasteiger partial charge < -0.3 is 15.5 Å². The third-order valence-corrected chi connectivity index (χ3v) is 6.09. The summed E-state index contributed by atoms with van der Waals surface area (Å²) in [5, 5.41) is 4.86. The van der Waals surface area contributed by atoms with Gasteiger partial charge in [0, 0.05) is 13.6 Å². The molecule has 0 spiro atoms. The predicted molar refractivity (Wildman–Crippen MR) is 117 cm³/mol. The van der Waals surface area contributed by atoms with Gasteiger partial charge in [-0.05, 0) is 29.3 Å². The highest BCUT2D eigenvalue weighted by Crippen LogP contribution is 2.41. The number of carbonyl (C=O) groups is 3. The van der Waals surface area contributed by atoms with E-state index in [1.807, 2.05) is 0 Å². The van der Waals surface area contributed by atoms with Crippen molar-refractivity contribution in [2.24, 2.45) is 0 Å². The van der Waals surface area contributed by atoms with Crippen LogP contribution in [0.5, 0.6) is 0 Å². The quantitative estimate of drug-likeness (QED) is 0.582. The first-order chi connectivity index (χ1) is 17.3. The summed E-state index contributed by atoms with van der Waals surface area (Å²) in [4.78, 5) is 40.3. The van der Waals surface area contributed by atoms with Crippen molar-refractivity contribution in [1.29, 1.82) is 0 Å². The van der Waals surface area contributed by atoms with E-state index in [2.05, 4.69) is 10.6 Å². The smallest absolute Gasteiger partial charge is 0.350 e. The molecule has 2 heterocycles. The third kappa shape index (κ3) is 5.25. The van der Waals surface area contributed by atoms with Crippen LogP contribution in [-0.2, 0) is 28.5 Å². The molecule has 0 saturated heterocycles. The van der Waals surface area contributed by atoms with E-state index < -0.39 is 53.9 Å². The lowest BCUT2D eigenvalue weighted by Crippen LogP contribution is -2.45. The summed E-state index contributed by atoms with van der Waals surface area (Å²) in [6.07, 6.45) is -9.29. The number of alkyl halides is 6. The number of nitrogens with zero attached hydrogens (tertiary/aromatic N) is 2. The van der Waals surface area contributed by atoms with Crippen LogP contribution < -0.4 is 10.6 Å². The highest BCUT2D eigenvalue weighted by atomic mass is 19.4. The fraction of sp³-hybridized carbons (Fsp3) is 0.292. The fourth-order valence-corrected chi connectivity index (χ4v) is 4.28.